The smallest absolute Gasteiger partial charge is 0.174 e. The van der Waals surface area contributed by atoms with E-state index in [0.29, 0.717) is 13.2 Å². The Bertz CT molecular complexity index is 516. The lowest BCUT2D eigenvalue weighted by Gasteiger charge is -2.06. The summed E-state index contributed by atoms with van der Waals surface area (Å²) in [6.07, 6.45) is 0.982. The molecular formula is C13H17N3OS2. The minimum atomic E-state index is 0.545. The molecule has 0 aliphatic carbocycles. The van der Waals surface area contributed by atoms with Crippen LogP contribution in [0, 0.1) is 6.92 Å². The van der Waals surface area contributed by atoms with Gasteiger partial charge in [-0.2, -0.15) is 0 Å². The molecule has 0 unspecified atom stereocenters. The van der Waals surface area contributed by atoms with Gasteiger partial charge in [-0.3, -0.25) is 0 Å². The molecule has 0 spiro atoms. The minimum Gasteiger partial charge on any atom is -0.494 e. The summed E-state index contributed by atoms with van der Waals surface area (Å²) in [7, 11) is 0. The van der Waals surface area contributed by atoms with E-state index >= 15 is 0 Å². The molecule has 1 aromatic heterocycles. The van der Waals surface area contributed by atoms with Crippen molar-refractivity contribution in [2.45, 2.75) is 24.2 Å². The normalized spacial score (nSPS) is 10.6. The predicted octanol–water partition coefficient (Wildman–Crippen LogP) is 2.87. The molecule has 1 heterocycles. The van der Waals surface area contributed by atoms with Crippen molar-refractivity contribution < 1.29 is 4.74 Å². The molecule has 1 aromatic carbocycles. The Morgan fingerprint density at radius 2 is 2.26 bits per heavy atom. The second kappa shape index (κ2) is 7.47. The molecule has 0 saturated carbocycles. The van der Waals surface area contributed by atoms with Gasteiger partial charge in [0.15, 0.2) is 4.34 Å². The van der Waals surface area contributed by atoms with Gasteiger partial charge in [0, 0.05) is 12.3 Å². The van der Waals surface area contributed by atoms with Gasteiger partial charge in [0.05, 0.1) is 6.61 Å². The average molecular weight is 295 g/mol. The number of rotatable bonds is 7. The Hall–Kier alpha value is -1.11. The highest BCUT2D eigenvalue weighted by atomic mass is 32.2. The number of hydrogen-bond donors (Lipinski definition) is 1. The van der Waals surface area contributed by atoms with Crippen LogP contribution in [0.1, 0.15) is 17.0 Å². The van der Waals surface area contributed by atoms with Crippen LogP contribution in [0.25, 0.3) is 0 Å². The van der Waals surface area contributed by atoms with Gasteiger partial charge in [-0.1, -0.05) is 35.2 Å². The lowest BCUT2D eigenvalue weighted by atomic mass is 10.2. The fraction of sp³-hybridized carbons (Fsp3) is 0.385. The maximum absolute atomic E-state index is 5.69. The van der Waals surface area contributed by atoms with Crippen LogP contribution in [0.4, 0.5) is 0 Å². The van der Waals surface area contributed by atoms with E-state index in [0.717, 1.165) is 32.8 Å². The van der Waals surface area contributed by atoms with Crippen LogP contribution in [0.5, 0.6) is 5.75 Å². The van der Waals surface area contributed by atoms with E-state index in [-0.39, 0.29) is 0 Å². The molecule has 102 valence electrons. The SMILES string of the molecule is Cc1nnc(SCCCOc2cccc(CN)c2)s1. The van der Waals surface area contributed by atoms with Gasteiger partial charge >= 0.3 is 0 Å². The zero-order valence-corrected chi connectivity index (χ0v) is 12.5. The van der Waals surface area contributed by atoms with Crippen LogP contribution < -0.4 is 10.5 Å². The minimum absolute atomic E-state index is 0.545. The van der Waals surface area contributed by atoms with E-state index in [1.54, 1.807) is 23.1 Å². The Morgan fingerprint density at radius 1 is 1.37 bits per heavy atom. The van der Waals surface area contributed by atoms with Gasteiger partial charge in [0.2, 0.25) is 0 Å². The number of benzene rings is 1. The lowest BCUT2D eigenvalue weighted by molar-refractivity contribution is 0.318. The summed E-state index contributed by atoms with van der Waals surface area (Å²) in [6.45, 7) is 3.22. The van der Waals surface area contributed by atoms with E-state index in [1.807, 2.05) is 31.2 Å². The Morgan fingerprint density at radius 3 is 3.00 bits per heavy atom. The second-order valence-corrected chi connectivity index (χ2v) is 6.51. The predicted molar refractivity (Wildman–Crippen MR) is 79.8 cm³/mol. The average Bonchev–Trinajstić information content (AvgIpc) is 2.84. The lowest BCUT2D eigenvalue weighted by Crippen LogP contribution is -2.00. The molecular weight excluding hydrogens is 278 g/mol. The van der Waals surface area contributed by atoms with E-state index in [9.17, 15) is 0 Å². The second-order valence-electron chi connectivity index (χ2n) is 3.99. The molecule has 0 aliphatic heterocycles. The van der Waals surface area contributed by atoms with Crippen LogP contribution in [-0.2, 0) is 6.54 Å². The first-order valence-electron chi connectivity index (χ1n) is 6.12. The van der Waals surface area contributed by atoms with Gasteiger partial charge in [0.25, 0.3) is 0 Å². The summed E-state index contributed by atoms with van der Waals surface area (Å²) in [4.78, 5) is 0. The zero-order valence-electron chi connectivity index (χ0n) is 10.8. The van der Waals surface area contributed by atoms with E-state index in [1.165, 1.54) is 0 Å². The van der Waals surface area contributed by atoms with Crippen LogP contribution in [0.3, 0.4) is 0 Å². The Balaban J connectivity index is 1.66. The molecule has 2 N–H and O–H groups in total. The number of aryl methyl sites for hydroxylation is 1. The van der Waals surface area contributed by atoms with Crippen molar-refractivity contribution >= 4 is 23.1 Å². The van der Waals surface area contributed by atoms with Crippen molar-refractivity contribution in [3.05, 3.63) is 34.8 Å². The van der Waals surface area contributed by atoms with Crippen LogP contribution in [0.2, 0.25) is 0 Å². The summed E-state index contributed by atoms with van der Waals surface area (Å²) in [6, 6.07) is 7.92. The van der Waals surface area contributed by atoms with E-state index in [2.05, 4.69) is 10.2 Å². The molecule has 2 aromatic rings. The zero-order chi connectivity index (χ0) is 13.5. The maximum Gasteiger partial charge on any atom is 0.174 e. The number of nitrogens with zero attached hydrogens (tertiary/aromatic N) is 2. The van der Waals surface area contributed by atoms with Gasteiger partial charge in [-0.05, 0) is 31.0 Å². The highest BCUT2D eigenvalue weighted by Gasteiger charge is 2.01. The first-order valence-corrected chi connectivity index (χ1v) is 7.93. The molecule has 0 saturated heterocycles. The molecule has 0 aliphatic rings. The molecule has 6 heteroatoms. The number of hydrogen-bond acceptors (Lipinski definition) is 6. The van der Waals surface area contributed by atoms with Gasteiger partial charge in [-0.25, -0.2) is 0 Å². The van der Waals surface area contributed by atoms with Crippen molar-refractivity contribution in [3.8, 4) is 5.75 Å². The molecule has 0 bridgehead atoms. The fourth-order valence-electron chi connectivity index (χ4n) is 1.51. The third kappa shape index (κ3) is 4.81. The maximum atomic E-state index is 5.69. The molecule has 0 fully saturated rings. The summed E-state index contributed by atoms with van der Waals surface area (Å²) in [5, 5.41) is 9.07. The number of ether oxygens (including phenoxy) is 1. The molecule has 0 radical (unpaired) electrons. The van der Waals surface area contributed by atoms with E-state index < -0.39 is 0 Å². The largest absolute Gasteiger partial charge is 0.494 e. The Kier molecular flexibility index (Phi) is 5.62. The van der Waals surface area contributed by atoms with Crippen LogP contribution in [-0.4, -0.2) is 22.6 Å². The Labute approximate surface area is 121 Å². The standard InChI is InChI=1S/C13H17N3OS2/c1-10-15-16-13(19-10)18-7-3-6-17-12-5-2-4-11(8-12)9-14/h2,4-5,8H,3,6-7,9,14H2,1H3. The topological polar surface area (TPSA) is 61.0 Å². The highest BCUT2D eigenvalue weighted by Crippen LogP contribution is 2.22. The van der Waals surface area contributed by atoms with E-state index in [4.69, 9.17) is 10.5 Å². The van der Waals surface area contributed by atoms with Crippen molar-refractivity contribution in [2.75, 3.05) is 12.4 Å². The molecule has 19 heavy (non-hydrogen) atoms. The van der Waals surface area contributed by atoms with Gasteiger partial charge < -0.3 is 10.5 Å². The first-order chi connectivity index (χ1) is 9.28. The highest BCUT2D eigenvalue weighted by molar-refractivity contribution is 8.01. The number of aromatic nitrogens is 2. The summed E-state index contributed by atoms with van der Waals surface area (Å²) < 4.78 is 6.72. The number of thioether (sulfide) groups is 1. The van der Waals surface area contributed by atoms with Crippen molar-refractivity contribution in [3.63, 3.8) is 0 Å². The van der Waals surface area contributed by atoms with Gasteiger partial charge in [-0.15, -0.1) is 10.2 Å². The van der Waals surface area contributed by atoms with Crippen LogP contribution >= 0.6 is 23.1 Å². The summed E-state index contributed by atoms with van der Waals surface area (Å²) in [5.74, 6) is 1.88. The first kappa shape index (κ1) is 14.3. The van der Waals surface area contributed by atoms with Crippen LogP contribution in [0.15, 0.2) is 28.6 Å². The molecule has 4 nitrogen and oxygen atoms in total. The van der Waals surface area contributed by atoms with Crippen molar-refractivity contribution in [1.82, 2.24) is 10.2 Å². The monoisotopic (exact) mass is 295 g/mol. The quantitative estimate of drug-likeness (QED) is 0.628. The van der Waals surface area contributed by atoms with Gasteiger partial charge in [0.1, 0.15) is 10.8 Å². The summed E-state index contributed by atoms with van der Waals surface area (Å²) in [5.41, 5.74) is 6.68. The molecule has 0 atom stereocenters. The summed E-state index contributed by atoms with van der Waals surface area (Å²) >= 11 is 3.36. The van der Waals surface area contributed by atoms with Crippen molar-refractivity contribution in [1.29, 1.82) is 0 Å². The molecule has 2 rings (SSSR count). The third-order valence-electron chi connectivity index (χ3n) is 2.42. The fourth-order valence-corrected chi connectivity index (χ4v) is 3.31. The third-order valence-corrected chi connectivity index (χ3v) is 4.48. The number of nitrogens with two attached hydrogens (primary N) is 1. The van der Waals surface area contributed by atoms with Crippen molar-refractivity contribution in [2.24, 2.45) is 5.73 Å². The molecule has 0 amide bonds.